The van der Waals surface area contributed by atoms with Crippen molar-refractivity contribution < 1.29 is 4.79 Å². The third-order valence-electron chi connectivity index (χ3n) is 3.34. The van der Waals surface area contributed by atoms with Crippen molar-refractivity contribution in [1.82, 2.24) is 10.2 Å². The Labute approximate surface area is 125 Å². The molecule has 2 rings (SSSR count). The number of amides is 1. The van der Waals surface area contributed by atoms with Crippen LogP contribution in [0.1, 0.15) is 61.3 Å². The summed E-state index contributed by atoms with van der Waals surface area (Å²) in [4.78, 5) is 12.3. The van der Waals surface area contributed by atoms with E-state index in [1.165, 1.54) is 0 Å². The predicted molar refractivity (Wildman–Crippen MR) is 84.6 cm³/mol. The second-order valence-electron chi connectivity index (χ2n) is 5.69. The molecular formula is C17H21N3O. The van der Waals surface area contributed by atoms with Gasteiger partial charge in [-0.3, -0.25) is 4.79 Å². The zero-order valence-electron chi connectivity index (χ0n) is 12.9. The van der Waals surface area contributed by atoms with Crippen molar-refractivity contribution in [1.29, 1.82) is 0 Å². The van der Waals surface area contributed by atoms with E-state index in [-0.39, 0.29) is 5.91 Å². The van der Waals surface area contributed by atoms with Crippen molar-refractivity contribution >= 4 is 11.6 Å². The maximum atomic E-state index is 12.3. The Morgan fingerprint density at radius 3 is 2.24 bits per heavy atom. The van der Waals surface area contributed by atoms with Crippen molar-refractivity contribution in [2.75, 3.05) is 5.32 Å². The van der Waals surface area contributed by atoms with Crippen LogP contribution in [0, 0.1) is 0 Å². The molecule has 0 bridgehead atoms. The Morgan fingerprint density at radius 1 is 0.952 bits per heavy atom. The van der Waals surface area contributed by atoms with E-state index in [0.29, 0.717) is 17.5 Å². The van der Waals surface area contributed by atoms with Gasteiger partial charge in [-0.25, -0.2) is 0 Å². The molecule has 4 heteroatoms. The summed E-state index contributed by atoms with van der Waals surface area (Å²) >= 11 is 0. The molecular weight excluding hydrogens is 262 g/mol. The number of para-hydroxylation sites is 1. The average molecular weight is 283 g/mol. The summed E-state index contributed by atoms with van der Waals surface area (Å²) in [5, 5.41) is 11.0. The van der Waals surface area contributed by atoms with E-state index in [4.69, 9.17) is 0 Å². The molecule has 0 saturated carbocycles. The van der Waals surface area contributed by atoms with Crippen LogP contribution in [0.2, 0.25) is 0 Å². The molecule has 1 heterocycles. The molecule has 1 amide bonds. The number of aromatic nitrogens is 2. The number of benzene rings is 1. The number of anilines is 1. The van der Waals surface area contributed by atoms with Gasteiger partial charge in [-0.05, 0) is 35.6 Å². The standard InChI is InChI=1S/C17H21N3O/c1-11(2)13-7-5-6-8-15(13)18-17(21)16-10-9-14(12(3)4)19-20-16/h5-12H,1-4H3,(H,18,21). The van der Waals surface area contributed by atoms with Gasteiger partial charge in [0.2, 0.25) is 0 Å². The molecule has 0 unspecified atom stereocenters. The van der Waals surface area contributed by atoms with E-state index in [9.17, 15) is 4.79 Å². The van der Waals surface area contributed by atoms with Gasteiger partial charge in [-0.2, -0.15) is 5.10 Å². The Hall–Kier alpha value is -2.23. The van der Waals surface area contributed by atoms with Gasteiger partial charge in [-0.15, -0.1) is 5.10 Å². The van der Waals surface area contributed by atoms with Gasteiger partial charge < -0.3 is 5.32 Å². The van der Waals surface area contributed by atoms with Crippen LogP contribution in [-0.2, 0) is 0 Å². The quantitative estimate of drug-likeness (QED) is 0.923. The third-order valence-corrected chi connectivity index (χ3v) is 3.34. The van der Waals surface area contributed by atoms with Gasteiger partial charge in [0.25, 0.3) is 5.91 Å². The van der Waals surface area contributed by atoms with E-state index in [0.717, 1.165) is 16.9 Å². The van der Waals surface area contributed by atoms with Crippen LogP contribution in [0.25, 0.3) is 0 Å². The molecule has 0 saturated heterocycles. The van der Waals surface area contributed by atoms with Crippen LogP contribution in [0.5, 0.6) is 0 Å². The van der Waals surface area contributed by atoms with Crippen LogP contribution in [0.3, 0.4) is 0 Å². The zero-order chi connectivity index (χ0) is 15.4. The molecule has 110 valence electrons. The number of hydrogen-bond acceptors (Lipinski definition) is 3. The lowest BCUT2D eigenvalue weighted by Gasteiger charge is -2.13. The highest BCUT2D eigenvalue weighted by molar-refractivity contribution is 6.03. The summed E-state index contributed by atoms with van der Waals surface area (Å²) in [6.45, 7) is 8.29. The highest BCUT2D eigenvalue weighted by Gasteiger charge is 2.13. The summed E-state index contributed by atoms with van der Waals surface area (Å²) < 4.78 is 0. The van der Waals surface area contributed by atoms with Gasteiger partial charge in [0, 0.05) is 5.69 Å². The van der Waals surface area contributed by atoms with Gasteiger partial charge >= 0.3 is 0 Å². The largest absolute Gasteiger partial charge is 0.320 e. The first-order chi connectivity index (χ1) is 9.99. The smallest absolute Gasteiger partial charge is 0.276 e. The fourth-order valence-electron chi connectivity index (χ4n) is 2.07. The maximum Gasteiger partial charge on any atom is 0.276 e. The van der Waals surface area contributed by atoms with Crippen molar-refractivity contribution in [2.45, 2.75) is 39.5 Å². The Kier molecular flexibility index (Phi) is 4.68. The minimum Gasteiger partial charge on any atom is -0.320 e. The van der Waals surface area contributed by atoms with Crippen molar-refractivity contribution in [3.8, 4) is 0 Å². The lowest BCUT2D eigenvalue weighted by molar-refractivity contribution is 0.102. The van der Waals surface area contributed by atoms with Gasteiger partial charge in [-0.1, -0.05) is 45.9 Å². The molecule has 21 heavy (non-hydrogen) atoms. The molecule has 0 atom stereocenters. The van der Waals surface area contributed by atoms with Gasteiger partial charge in [0.1, 0.15) is 0 Å². The van der Waals surface area contributed by atoms with Crippen LogP contribution in [0.4, 0.5) is 5.69 Å². The summed E-state index contributed by atoms with van der Waals surface area (Å²) in [5.41, 5.74) is 3.15. The van der Waals surface area contributed by atoms with Crippen LogP contribution in [0.15, 0.2) is 36.4 Å². The number of rotatable bonds is 4. The highest BCUT2D eigenvalue weighted by Crippen LogP contribution is 2.24. The summed E-state index contributed by atoms with van der Waals surface area (Å²) in [5.74, 6) is 0.415. The normalized spacial score (nSPS) is 11.0. The molecule has 0 aliphatic carbocycles. The van der Waals surface area contributed by atoms with Crippen LogP contribution < -0.4 is 5.32 Å². The highest BCUT2D eigenvalue weighted by atomic mass is 16.1. The van der Waals surface area contributed by atoms with E-state index < -0.39 is 0 Å². The van der Waals surface area contributed by atoms with E-state index >= 15 is 0 Å². The number of hydrogen-bond donors (Lipinski definition) is 1. The average Bonchev–Trinajstić information content (AvgIpc) is 2.47. The lowest BCUT2D eigenvalue weighted by Crippen LogP contribution is -2.16. The van der Waals surface area contributed by atoms with Gasteiger partial charge in [0.05, 0.1) is 5.69 Å². The minimum absolute atomic E-state index is 0.231. The Balaban J connectivity index is 2.18. The molecule has 0 aliphatic heterocycles. The van der Waals surface area contributed by atoms with Gasteiger partial charge in [0.15, 0.2) is 5.69 Å². The first-order valence-electron chi connectivity index (χ1n) is 7.23. The zero-order valence-corrected chi connectivity index (χ0v) is 12.9. The summed E-state index contributed by atoms with van der Waals surface area (Å²) in [6, 6.07) is 11.4. The summed E-state index contributed by atoms with van der Waals surface area (Å²) in [6.07, 6.45) is 0. The number of carbonyl (C=O) groups is 1. The predicted octanol–water partition coefficient (Wildman–Crippen LogP) is 3.98. The molecule has 1 aromatic carbocycles. The molecule has 1 N–H and O–H groups in total. The molecule has 0 spiro atoms. The number of nitrogens with zero attached hydrogens (tertiary/aromatic N) is 2. The first kappa shape index (κ1) is 15.2. The molecule has 0 fully saturated rings. The van der Waals surface area contributed by atoms with Crippen LogP contribution >= 0.6 is 0 Å². The fourth-order valence-corrected chi connectivity index (χ4v) is 2.07. The van der Waals surface area contributed by atoms with Crippen LogP contribution in [-0.4, -0.2) is 16.1 Å². The van der Waals surface area contributed by atoms with Crippen molar-refractivity contribution in [3.05, 3.63) is 53.3 Å². The topological polar surface area (TPSA) is 54.9 Å². The van der Waals surface area contributed by atoms with Crippen molar-refractivity contribution in [2.24, 2.45) is 0 Å². The maximum absolute atomic E-state index is 12.3. The number of carbonyl (C=O) groups excluding carboxylic acids is 1. The monoisotopic (exact) mass is 283 g/mol. The second kappa shape index (κ2) is 6.48. The third kappa shape index (κ3) is 3.66. The first-order valence-corrected chi connectivity index (χ1v) is 7.23. The minimum atomic E-state index is -0.231. The Bertz CT molecular complexity index is 618. The SMILES string of the molecule is CC(C)c1ccc(C(=O)Nc2ccccc2C(C)C)nn1. The van der Waals surface area contributed by atoms with E-state index in [2.05, 4.69) is 29.4 Å². The molecule has 0 radical (unpaired) electrons. The van der Waals surface area contributed by atoms with Crippen molar-refractivity contribution in [3.63, 3.8) is 0 Å². The van der Waals surface area contributed by atoms with E-state index in [1.54, 1.807) is 6.07 Å². The number of nitrogens with one attached hydrogen (secondary N) is 1. The Morgan fingerprint density at radius 2 is 1.67 bits per heavy atom. The fraction of sp³-hybridized carbons (Fsp3) is 0.353. The molecule has 1 aromatic heterocycles. The molecule has 4 nitrogen and oxygen atoms in total. The molecule has 0 aliphatic rings. The van der Waals surface area contributed by atoms with E-state index in [1.807, 2.05) is 44.2 Å². The molecule has 2 aromatic rings. The summed E-state index contributed by atoms with van der Waals surface area (Å²) in [7, 11) is 0. The second-order valence-corrected chi connectivity index (χ2v) is 5.69. The lowest BCUT2D eigenvalue weighted by atomic mass is 10.0.